The molecule has 5 rings (SSSR count). The Morgan fingerprint density at radius 2 is 1.93 bits per heavy atom. The van der Waals surface area contributed by atoms with Gasteiger partial charge < -0.3 is 16.4 Å². The van der Waals surface area contributed by atoms with E-state index in [2.05, 4.69) is 29.9 Å². The Balaban J connectivity index is 1.25. The van der Waals surface area contributed by atoms with Crippen molar-refractivity contribution in [1.29, 1.82) is 0 Å². The van der Waals surface area contributed by atoms with E-state index < -0.39 is 0 Å². The first-order chi connectivity index (χ1) is 14.1. The summed E-state index contributed by atoms with van der Waals surface area (Å²) >= 11 is 7.63. The summed E-state index contributed by atoms with van der Waals surface area (Å²) in [4.78, 5) is 7.07. The van der Waals surface area contributed by atoms with E-state index in [0.717, 1.165) is 53.9 Å². The van der Waals surface area contributed by atoms with Crippen molar-refractivity contribution in [3.05, 3.63) is 47.4 Å². The average Bonchev–Trinajstić information content (AvgIpc) is 3.28. The predicted molar refractivity (Wildman–Crippen MR) is 113 cm³/mol. The van der Waals surface area contributed by atoms with Crippen LogP contribution in [0.1, 0.15) is 24.6 Å². The van der Waals surface area contributed by atoms with Crippen molar-refractivity contribution in [3.8, 4) is 0 Å². The van der Waals surface area contributed by atoms with Crippen molar-refractivity contribution in [2.24, 2.45) is 11.1 Å². The largest absolute Gasteiger partial charge is 0.382 e. The maximum Gasteiger partial charge on any atom is 0.151 e. The summed E-state index contributed by atoms with van der Waals surface area (Å²) in [5.41, 5.74) is 13.6. The van der Waals surface area contributed by atoms with Crippen molar-refractivity contribution in [2.75, 3.05) is 23.7 Å². The van der Waals surface area contributed by atoms with Crippen LogP contribution in [0, 0.1) is 5.41 Å². The molecule has 1 spiro atoms. The lowest BCUT2D eigenvalue weighted by Gasteiger charge is -2.41. The molecular weight excluding hydrogens is 408 g/mol. The van der Waals surface area contributed by atoms with Crippen LogP contribution in [0.2, 0.25) is 5.02 Å². The van der Waals surface area contributed by atoms with E-state index in [1.165, 1.54) is 11.8 Å². The van der Waals surface area contributed by atoms with Gasteiger partial charge in [-0.3, -0.25) is 4.68 Å². The zero-order chi connectivity index (χ0) is 20.0. The van der Waals surface area contributed by atoms with Gasteiger partial charge in [-0.15, -0.1) is 10.2 Å². The van der Waals surface area contributed by atoms with Crippen LogP contribution in [-0.4, -0.2) is 38.1 Å². The number of nitrogens with zero attached hydrogens (tertiary/aromatic N) is 6. The van der Waals surface area contributed by atoms with E-state index in [1.807, 2.05) is 30.5 Å². The van der Waals surface area contributed by atoms with Gasteiger partial charge in [-0.2, -0.15) is 5.10 Å². The Labute approximate surface area is 177 Å². The lowest BCUT2D eigenvalue weighted by atomic mass is 9.73. The molecule has 0 bridgehead atoms. The molecule has 2 aliphatic heterocycles. The summed E-state index contributed by atoms with van der Waals surface area (Å²) < 4.78 is 2.06. The molecule has 150 valence electrons. The third kappa shape index (κ3) is 3.23. The number of halogens is 1. The van der Waals surface area contributed by atoms with E-state index in [0.29, 0.717) is 10.8 Å². The highest BCUT2D eigenvalue weighted by Gasteiger charge is 2.46. The summed E-state index contributed by atoms with van der Waals surface area (Å²) in [6.45, 7) is 2.72. The van der Waals surface area contributed by atoms with Gasteiger partial charge in [0, 0.05) is 42.3 Å². The molecule has 0 radical (unpaired) electrons. The molecule has 0 aliphatic carbocycles. The number of anilines is 2. The Bertz CT molecular complexity index is 1030. The van der Waals surface area contributed by atoms with E-state index in [1.54, 1.807) is 6.20 Å². The number of hydrogen-bond acceptors (Lipinski definition) is 8. The molecule has 0 amide bonds. The molecule has 3 aromatic heterocycles. The fourth-order valence-corrected chi connectivity index (χ4v) is 5.26. The third-order valence-electron chi connectivity index (χ3n) is 6.00. The quantitative estimate of drug-likeness (QED) is 0.654. The fourth-order valence-electron chi connectivity index (χ4n) is 4.27. The van der Waals surface area contributed by atoms with Crippen LogP contribution < -0.4 is 16.4 Å². The summed E-state index contributed by atoms with van der Waals surface area (Å²) in [6, 6.07) is 7.87. The topological polar surface area (TPSA) is 112 Å². The summed E-state index contributed by atoms with van der Waals surface area (Å²) in [6.07, 6.45) is 5.50. The van der Waals surface area contributed by atoms with E-state index in [-0.39, 0.29) is 11.5 Å². The average molecular weight is 429 g/mol. The molecule has 1 saturated heterocycles. The standard InChI is InChI=1S/C19H21ClN8S/c20-16-13(4-7-23-18(16)22)29-15-2-1-14(25-26-15)27-9-5-19(6-10-27)11-28-12(17(19)21)3-8-24-28/h1-4,7-8,17H,5-6,9-11,21H2,(H2,22,23)/t17-/m1/s1. The minimum absolute atomic E-state index is 0.0505. The van der Waals surface area contributed by atoms with Gasteiger partial charge in [-0.25, -0.2) is 4.98 Å². The molecule has 2 aliphatic rings. The monoisotopic (exact) mass is 428 g/mol. The normalized spacial score (nSPS) is 20.2. The number of rotatable bonds is 3. The van der Waals surface area contributed by atoms with Gasteiger partial charge in [0.05, 0.1) is 16.8 Å². The van der Waals surface area contributed by atoms with Gasteiger partial charge in [0.25, 0.3) is 0 Å². The van der Waals surface area contributed by atoms with Gasteiger partial charge in [0.15, 0.2) is 5.82 Å². The second-order valence-electron chi connectivity index (χ2n) is 7.58. The molecule has 8 nitrogen and oxygen atoms in total. The molecule has 0 saturated carbocycles. The van der Waals surface area contributed by atoms with Gasteiger partial charge in [-0.1, -0.05) is 23.4 Å². The Morgan fingerprint density at radius 1 is 1.10 bits per heavy atom. The number of pyridine rings is 1. The lowest BCUT2D eigenvalue weighted by molar-refractivity contribution is 0.170. The second-order valence-corrected chi connectivity index (χ2v) is 9.02. The van der Waals surface area contributed by atoms with Crippen LogP contribution >= 0.6 is 23.4 Å². The van der Waals surface area contributed by atoms with Crippen LogP contribution in [-0.2, 0) is 6.54 Å². The summed E-state index contributed by atoms with van der Waals surface area (Å²) in [5, 5.41) is 14.4. The highest BCUT2D eigenvalue weighted by molar-refractivity contribution is 7.99. The maximum atomic E-state index is 6.57. The molecule has 5 heterocycles. The number of piperidine rings is 1. The van der Waals surface area contributed by atoms with Crippen LogP contribution in [0.5, 0.6) is 0 Å². The SMILES string of the molecule is Nc1nccc(Sc2ccc(N3CCC4(CC3)Cn3nccc3[C@H]4N)nn2)c1Cl. The molecule has 3 aromatic rings. The second kappa shape index (κ2) is 7.16. The molecule has 1 fully saturated rings. The first-order valence-corrected chi connectivity index (χ1v) is 10.7. The van der Waals surface area contributed by atoms with E-state index in [4.69, 9.17) is 23.1 Å². The fraction of sp³-hybridized carbons (Fsp3) is 0.368. The molecule has 1 atom stereocenters. The molecule has 0 unspecified atom stereocenters. The highest BCUT2D eigenvalue weighted by atomic mass is 35.5. The number of fused-ring (bicyclic) bond motifs is 1. The van der Waals surface area contributed by atoms with Gasteiger partial charge >= 0.3 is 0 Å². The zero-order valence-corrected chi connectivity index (χ0v) is 17.3. The highest BCUT2D eigenvalue weighted by Crippen LogP contribution is 2.47. The van der Waals surface area contributed by atoms with Gasteiger partial charge in [0.2, 0.25) is 0 Å². The van der Waals surface area contributed by atoms with E-state index in [9.17, 15) is 0 Å². The van der Waals surface area contributed by atoms with Crippen LogP contribution in [0.3, 0.4) is 0 Å². The molecule has 29 heavy (non-hydrogen) atoms. The lowest BCUT2D eigenvalue weighted by Crippen LogP contribution is -2.45. The van der Waals surface area contributed by atoms with Crippen LogP contribution in [0.4, 0.5) is 11.6 Å². The van der Waals surface area contributed by atoms with Crippen LogP contribution in [0.25, 0.3) is 0 Å². The first kappa shape index (κ1) is 18.7. The molecule has 4 N–H and O–H groups in total. The Hall–Kier alpha value is -2.36. The number of nitrogen functional groups attached to an aromatic ring is 1. The van der Waals surface area contributed by atoms with Crippen molar-refractivity contribution in [1.82, 2.24) is 25.0 Å². The number of hydrogen-bond donors (Lipinski definition) is 2. The van der Waals surface area contributed by atoms with Crippen molar-refractivity contribution in [3.63, 3.8) is 0 Å². The smallest absolute Gasteiger partial charge is 0.151 e. The number of aromatic nitrogens is 5. The molecule has 0 aromatic carbocycles. The first-order valence-electron chi connectivity index (χ1n) is 9.50. The minimum atomic E-state index is 0.0505. The summed E-state index contributed by atoms with van der Waals surface area (Å²) in [5.74, 6) is 1.20. The molecular formula is C19H21ClN8S. The third-order valence-corrected chi connectivity index (χ3v) is 7.49. The van der Waals surface area contributed by atoms with Gasteiger partial charge in [-0.05, 0) is 37.1 Å². The summed E-state index contributed by atoms with van der Waals surface area (Å²) in [7, 11) is 0. The van der Waals surface area contributed by atoms with Crippen molar-refractivity contribution in [2.45, 2.75) is 35.3 Å². The molecule has 10 heteroatoms. The zero-order valence-electron chi connectivity index (χ0n) is 15.7. The Kier molecular flexibility index (Phi) is 4.60. The predicted octanol–water partition coefficient (Wildman–Crippen LogP) is 2.76. The Morgan fingerprint density at radius 3 is 2.66 bits per heavy atom. The maximum absolute atomic E-state index is 6.57. The number of nitrogens with two attached hydrogens (primary N) is 2. The van der Waals surface area contributed by atoms with Crippen molar-refractivity contribution >= 4 is 35.0 Å². The van der Waals surface area contributed by atoms with Gasteiger partial charge in [0.1, 0.15) is 10.8 Å². The van der Waals surface area contributed by atoms with E-state index >= 15 is 0 Å². The van der Waals surface area contributed by atoms with Crippen LogP contribution in [0.15, 0.2) is 46.6 Å². The minimum Gasteiger partial charge on any atom is -0.382 e. The van der Waals surface area contributed by atoms with Crippen molar-refractivity contribution < 1.29 is 0 Å².